The van der Waals surface area contributed by atoms with E-state index in [1.165, 1.54) is 0 Å². The van der Waals surface area contributed by atoms with Gasteiger partial charge in [0.2, 0.25) is 0 Å². The lowest BCUT2D eigenvalue weighted by molar-refractivity contribution is -0.146. The highest BCUT2D eigenvalue weighted by Gasteiger charge is 2.15. The van der Waals surface area contributed by atoms with Gasteiger partial charge in [0.15, 0.2) is 6.10 Å². The summed E-state index contributed by atoms with van der Waals surface area (Å²) in [6.45, 7) is 0. The van der Waals surface area contributed by atoms with Crippen LogP contribution in [0.5, 0.6) is 5.75 Å². The lowest BCUT2D eigenvalue weighted by atomic mass is 10.1. The highest BCUT2D eigenvalue weighted by atomic mass is 16.5. The van der Waals surface area contributed by atoms with Crippen LogP contribution in [0.1, 0.15) is 5.56 Å². The molecular formula is C12H17NO4. The number of hydrogen-bond donors (Lipinski definition) is 2. The van der Waals surface area contributed by atoms with Gasteiger partial charge in [-0.25, -0.2) is 4.79 Å². The van der Waals surface area contributed by atoms with Crippen molar-refractivity contribution in [2.75, 3.05) is 26.1 Å². The normalized spacial score (nSPS) is 12.0. The number of methoxy groups -OCH3 is 1. The van der Waals surface area contributed by atoms with E-state index in [0.717, 1.165) is 11.3 Å². The highest BCUT2D eigenvalue weighted by Crippen LogP contribution is 2.28. The molecule has 1 rings (SSSR count). The summed E-state index contributed by atoms with van der Waals surface area (Å²) in [5.41, 5.74) is 1.60. The molecule has 0 aliphatic heterocycles. The van der Waals surface area contributed by atoms with Crippen LogP contribution >= 0.6 is 0 Å². The zero-order valence-corrected chi connectivity index (χ0v) is 10.2. The number of anilines is 1. The van der Waals surface area contributed by atoms with Crippen LogP contribution < -0.4 is 9.64 Å². The van der Waals surface area contributed by atoms with Crippen molar-refractivity contribution in [3.63, 3.8) is 0 Å². The van der Waals surface area contributed by atoms with Crippen LogP contribution in [0.3, 0.4) is 0 Å². The highest BCUT2D eigenvalue weighted by molar-refractivity contribution is 5.72. The number of aliphatic hydroxyl groups is 1. The van der Waals surface area contributed by atoms with E-state index in [1.807, 2.05) is 25.1 Å². The third-order valence-corrected chi connectivity index (χ3v) is 2.44. The molecule has 2 N–H and O–H groups in total. The second kappa shape index (κ2) is 5.54. The van der Waals surface area contributed by atoms with Crippen LogP contribution in [0.2, 0.25) is 0 Å². The maximum atomic E-state index is 10.6. The zero-order valence-electron chi connectivity index (χ0n) is 10.2. The van der Waals surface area contributed by atoms with Crippen LogP contribution in [-0.2, 0) is 11.2 Å². The smallest absolute Gasteiger partial charge is 0.332 e. The summed E-state index contributed by atoms with van der Waals surface area (Å²) in [7, 11) is 5.32. The predicted molar refractivity (Wildman–Crippen MR) is 64.7 cm³/mol. The summed E-state index contributed by atoms with van der Waals surface area (Å²) >= 11 is 0. The van der Waals surface area contributed by atoms with Crippen LogP contribution in [-0.4, -0.2) is 43.5 Å². The molecule has 0 radical (unpaired) electrons. The molecule has 1 aromatic rings. The molecule has 0 aliphatic carbocycles. The van der Waals surface area contributed by atoms with Crippen LogP contribution in [0.15, 0.2) is 18.2 Å². The van der Waals surface area contributed by atoms with Crippen LogP contribution in [0.4, 0.5) is 5.69 Å². The molecule has 0 aromatic heterocycles. The Kier molecular flexibility index (Phi) is 4.34. The van der Waals surface area contributed by atoms with E-state index in [0.29, 0.717) is 5.75 Å². The van der Waals surface area contributed by atoms with Gasteiger partial charge in [0.1, 0.15) is 5.75 Å². The Balaban J connectivity index is 2.96. The number of aliphatic carboxylic acids is 1. The van der Waals surface area contributed by atoms with Crippen LogP contribution in [0, 0.1) is 0 Å². The van der Waals surface area contributed by atoms with Crippen molar-refractivity contribution in [1.82, 2.24) is 0 Å². The first kappa shape index (κ1) is 13.3. The molecule has 1 atom stereocenters. The van der Waals surface area contributed by atoms with Crippen molar-refractivity contribution in [3.8, 4) is 5.75 Å². The van der Waals surface area contributed by atoms with E-state index < -0.39 is 12.1 Å². The molecule has 0 fully saturated rings. The third-order valence-electron chi connectivity index (χ3n) is 2.44. The molecule has 5 nitrogen and oxygen atoms in total. The Bertz CT molecular complexity index is 403. The fourth-order valence-corrected chi connectivity index (χ4v) is 1.52. The van der Waals surface area contributed by atoms with E-state index in [-0.39, 0.29) is 6.42 Å². The van der Waals surface area contributed by atoms with Gasteiger partial charge < -0.3 is 19.8 Å². The molecule has 0 saturated carbocycles. The van der Waals surface area contributed by atoms with Crippen molar-refractivity contribution in [2.45, 2.75) is 12.5 Å². The first-order valence-corrected chi connectivity index (χ1v) is 5.20. The monoisotopic (exact) mass is 239 g/mol. The maximum Gasteiger partial charge on any atom is 0.332 e. The summed E-state index contributed by atoms with van der Waals surface area (Å²) in [6.07, 6.45) is -1.29. The lowest BCUT2D eigenvalue weighted by Gasteiger charge is -2.18. The molecule has 0 heterocycles. The average molecular weight is 239 g/mol. The van der Waals surface area contributed by atoms with E-state index in [4.69, 9.17) is 9.84 Å². The lowest BCUT2D eigenvalue weighted by Crippen LogP contribution is -2.22. The number of carboxylic acids is 1. The standard InChI is InChI=1S/C12H17NO4/c1-13(2)9-6-8(4-5-11(9)17-3)7-10(14)12(15)16/h4-6,10,14H,7H2,1-3H3,(H,15,16)/t10-/m1/s1. The number of rotatable bonds is 5. The van der Waals surface area contributed by atoms with Gasteiger partial charge >= 0.3 is 5.97 Å². The Morgan fingerprint density at radius 1 is 1.47 bits per heavy atom. The van der Waals surface area contributed by atoms with E-state index in [9.17, 15) is 9.90 Å². The quantitative estimate of drug-likeness (QED) is 0.793. The zero-order chi connectivity index (χ0) is 13.0. The van der Waals surface area contributed by atoms with E-state index in [2.05, 4.69) is 0 Å². The Labute approximate surface area is 100 Å². The van der Waals surface area contributed by atoms with Gasteiger partial charge in [-0.05, 0) is 17.7 Å². The van der Waals surface area contributed by atoms with Gasteiger partial charge in [0.05, 0.1) is 12.8 Å². The molecule has 5 heteroatoms. The fourth-order valence-electron chi connectivity index (χ4n) is 1.52. The topological polar surface area (TPSA) is 70.0 Å². The van der Waals surface area contributed by atoms with Gasteiger partial charge in [0.25, 0.3) is 0 Å². The molecular weight excluding hydrogens is 222 g/mol. The minimum Gasteiger partial charge on any atom is -0.495 e. The van der Waals surface area contributed by atoms with Gasteiger partial charge in [-0.3, -0.25) is 0 Å². The number of carbonyl (C=O) groups is 1. The minimum atomic E-state index is -1.38. The van der Waals surface area contributed by atoms with E-state index in [1.54, 1.807) is 19.2 Å². The SMILES string of the molecule is COc1ccc(C[C@@H](O)C(=O)O)cc1N(C)C. The van der Waals surface area contributed by atoms with Crippen molar-refractivity contribution in [1.29, 1.82) is 0 Å². The van der Waals surface area contributed by atoms with Crippen LogP contribution in [0.25, 0.3) is 0 Å². The molecule has 0 saturated heterocycles. The summed E-state index contributed by atoms with van der Waals surface area (Å²) < 4.78 is 5.19. The number of ether oxygens (including phenoxy) is 1. The van der Waals surface area contributed by atoms with Crippen molar-refractivity contribution < 1.29 is 19.7 Å². The second-order valence-electron chi connectivity index (χ2n) is 3.96. The fraction of sp³-hybridized carbons (Fsp3) is 0.417. The van der Waals surface area contributed by atoms with Gasteiger partial charge in [0, 0.05) is 20.5 Å². The molecule has 0 bridgehead atoms. The van der Waals surface area contributed by atoms with Gasteiger partial charge in [-0.15, -0.1) is 0 Å². The number of hydrogen-bond acceptors (Lipinski definition) is 4. The van der Waals surface area contributed by atoms with Crippen molar-refractivity contribution in [3.05, 3.63) is 23.8 Å². The molecule has 0 spiro atoms. The molecule has 0 aliphatic rings. The van der Waals surface area contributed by atoms with Crippen molar-refractivity contribution in [2.24, 2.45) is 0 Å². The third kappa shape index (κ3) is 3.35. The number of aliphatic hydroxyl groups excluding tert-OH is 1. The number of carboxylic acid groups (broad SMARTS) is 1. The van der Waals surface area contributed by atoms with Crippen molar-refractivity contribution >= 4 is 11.7 Å². The first-order chi connectivity index (χ1) is 7.95. The summed E-state index contributed by atoms with van der Waals surface area (Å²) in [5, 5.41) is 17.9. The Morgan fingerprint density at radius 3 is 2.59 bits per heavy atom. The summed E-state index contributed by atoms with van der Waals surface area (Å²) in [6, 6.07) is 5.32. The van der Waals surface area contributed by atoms with Gasteiger partial charge in [-0.2, -0.15) is 0 Å². The number of benzene rings is 1. The Hall–Kier alpha value is -1.75. The average Bonchev–Trinajstić information content (AvgIpc) is 2.28. The van der Waals surface area contributed by atoms with E-state index >= 15 is 0 Å². The molecule has 0 amide bonds. The maximum absolute atomic E-state index is 10.6. The molecule has 1 aromatic carbocycles. The summed E-state index contributed by atoms with van der Waals surface area (Å²) in [5.74, 6) is -0.504. The molecule has 94 valence electrons. The largest absolute Gasteiger partial charge is 0.495 e. The second-order valence-corrected chi connectivity index (χ2v) is 3.96. The predicted octanol–water partition coefficient (Wildman–Crippen LogP) is 0.749. The first-order valence-electron chi connectivity index (χ1n) is 5.20. The summed E-state index contributed by atoms with van der Waals surface area (Å²) in [4.78, 5) is 12.4. The Morgan fingerprint density at radius 2 is 2.12 bits per heavy atom. The van der Waals surface area contributed by atoms with Gasteiger partial charge in [-0.1, -0.05) is 6.07 Å². The number of nitrogens with zero attached hydrogens (tertiary/aromatic N) is 1. The minimum absolute atomic E-state index is 0.0835. The molecule has 17 heavy (non-hydrogen) atoms. The molecule has 0 unspecified atom stereocenters.